The molecule has 4 amide bonds. The van der Waals surface area contributed by atoms with E-state index in [1.807, 2.05) is 6.08 Å². The summed E-state index contributed by atoms with van der Waals surface area (Å²) in [7, 11) is 2.73. The fraction of sp³-hybridized carbons (Fsp3) is 0.400. The SMILES string of the molecule is COc1cccc(O)c1[C@H]1C2=CC[C@@H]3C(=O)N(CCc4ccc(O)cc4)C(=O)[C@@H]3[C@@H]2C[C@@]2(Cl)C(=O)N(C)C(=O)[C@@]12Cl. The van der Waals surface area contributed by atoms with E-state index in [-0.39, 0.29) is 54.0 Å². The number of benzene rings is 2. The summed E-state index contributed by atoms with van der Waals surface area (Å²) in [5.41, 5.74) is 1.63. The van der Waals surface area contributed by atoms with Gasteiger partial charge in [-0.15, -0.1) is 23.2 Å². The molecule has 3 fully saturated rings. The number of hydrogen-bond donors (Lipinski definition) is 2. The van der Waals surface area contributed by atoms with Crippen LogP contribution in [0.25, 0.3) is 0 Å². The van der Waals surface area contributed by atoms with Crippen molar-refractivity contribution in [1.82, 2.24) is 9.80 Å². The molecule has 2 aliphatic heterocycles. The summed E-state index contributed by atoms with van der Waals surface area (Å²) < 4.78 is 5.55. The highest BCUT2D eigenvalue weighted by atomic mass is 35.5. The molecule has 2 aliphatic carbocycles. The van der Waals surface area contributed by atoms with E-state index in [2.05, 4.69) is 0 Å². The quantitative estimate of drug-likeness (QED) is 0.307. The number of imide groups is 2. The van der Waals surface area contributed by atoms with Crippen molar-refractivity contribution in [1.29, 1.82) is 0 Å². The first-order chi connectivity index (χ1) is 19.5. The molecule has 0 radical (unpaired) electrons. The van der Waals surface area contributed by atoms with E-state index in [0.717, 1.165) is 10.5 Å². The number of carbonyl (C=O) groups excluding carboxylic acids is 4. The predicted octanol–water partition coefficient (Wildman–Crippen LogP) is 3.34. The van der Waals surface area contributed by atoms with Crippen molar-refractivity contribution in [2.45, 2.75) is 34.9 Å². The van der Waals surface area contributed by atoms with Gasteiger partial charge in [-0.3, -0.25) is 29.0 Å². The topological polar surface area (TPSA) is 124 Å². The van der Waals surface area contributed by atoms with Crippen LogP contribution in [-0.4, -0.2) is 74.1 Å². The lowest BCUT2D eigenvalue weighted by atomic mass is 9.56. The minimum atomic E-state index is -2.01. The number of carbonyl (C=O) groups is 4. The predicted molar refractivity (Wildman–Crippen MR) is 149 cm³/mol. The summed E-state index contributed by atoms with van der Waals surface area (Å²) in [5, 5.41) is 20.6. The number of allylic oxidation sites excluding steroid dienone is 2. The minimum absolute atomic E-state index is 0.121. The average molecular weight is 599 g/mol. The smallest absolute Gasteiger partial charge is 0.253 e. The maximum Gasteiger partial charge on any atom is 0.253 e. The lowest BCUT2D eigenvalue weighted by Crippen LogP contribution is -2.60. The Hall–Kier alpha value is -3.56. The third-order valence-electron chi connectivity index (χ3n) is 9.22. The molecule has 2 aromatic carbocycles. The zero-order valence-corrected chi connectivity index (χ0v) is 23.9. The van der Waals surface area contributed by atoms with Crippen molar-refractivity contribution in [2.75, 3.05) is 20.7 Å². The number of fused-ring (bicyclic) bond motifs is 4. The molecular formula is C30H28Cl2N2O7. The van der Waals surface area contributed by atoms with Gasteiger partial charge in [0.15, 0.2) is 9.75 Å². The van der Waals surface area contributed by atoms with Gasteiger partial charge in [0.2, 0.25) is 11.8 Å². The van der Waals surface area contributed by atoms with Crippen LogP contribution in [0.3, 0.4) is 0 Å². The monoisotopic (exact) mass is 598 g/mol. The molecular weight excluding hydrogens is 571 g/mol. The van der Waals surface area contributed by atoms with Crippen LogP contribution in [0.1, 0.15) is 29.9 Å². The van der Waals surface area contributed by atoms with Gasteiger partial charge in [-0.1, -0.05) is 29.8 Å². The Morgan fingerprint density at radius 3 is 2.37 bits per heavy atom. The lowest BCUT2D eigenvalue weighted by molar-refractivity contribution is -0.141. The summed E-state index contributed by atoms with van der Waals surface area (Å²) in [6.45, 7) is 0.153. The van der Waals surface area contributed by atoms with Crippen LogP contribution in [0.4, 0.5) is 0 Å². The summed E-state index contributed by atoms with van der Waals surface area (Å²) >= 11 is 14.3. The van der Waals surface area contributed by atoms with Crippen molar-refractivity contribution in [2.24, 2.45) is 17.8 Å². The number of phenols is 2. The number of amides is 4. The van der Waals surface area contributed by atoms with Crippen LogP contribution < -0.4 is 4.74 Å². The molecule has 0 unspecified atom stereocenters. The second-order valence-electron chi connectivity index (χ2n) is 11.1. The second kappa shape index (κ2) is 9.49. The molecule has 2 N–H and O–H groups in total. The third-order valence-corrected chi connectivity index (χ3v) is 10.6. The number of rotatable bonds is 5. The van der Waals surface area contributed by atoms with Crippen LogP contribution in [-0.2, 0) is 25.6 Å². The summed E-state index contributed by atoms with van der Waals surface area (Å²) in [5.74, 6) is -5.17. The van der Waals surface area contributed by atoms with Gasteiger partial charge in [0.25, 0.3) is 11.8 Å². The van der Waals surface area contributed by atoms with Gasteiger partial charge in [-0.25, -0.2) is 0 Å². The van der Waals surface area contributed by atoms with Gasteiger partial charge < -0.3 is 14.9 Å². The highest BCUT2D eigenvalue weighted by molar-refractivity contribution is 6.53. The highest BCUT2D eigenvalue weighted by Crippen LogP contribution is 2.66. The molecule has 1 saturated carbocycles. The average Bonchev–Trinajstić information content (AvgIpc) is 3.27. The maximum absolute atomic E-state index is 13.9. The molecule has 0 bridgehead atoms. The molecule has 4 aliphatic rings. The molecule has 2 saturated heterocycles. The molecule has 6 rings (SSSR count). The van der Waals surface area contributed by atoms with E-state index in [0.29, 0.717) is 12.0 Å². The summed E-state index contributed by atoms with van der Waals surface area (Å²) in [6.07, 6.45) is 2.32. The normalized spacial score (nSPS) is 32.5. The number of methoxy groups -OCH3 is 1. The second-order valence-corrected chi connectivity index (χ2v) is 12.4. The molecule has 9 nitrogen and oxygen atoms in total. The Morgan fingerprint density at radius 2 is 1.68 bits per heavy atom. The number of halogens is 2. The summed E-state index contributed by atoms with van der Waals surface area (Å²) in [4.78, 5) is 52.9. The van der Waals surface area contributed by atoms with Crippen molar-refractivity contribution >= 4 is 46.8 Å². The third kappa shape index (κ3) is 3.68. The van der Waals surface area contributed by atoms with Crippen molar-refractivity contribution in [3.05, 3.63) is 65.2 Å². The molecule has 11 heteroatoms. The van der Waals surface area contributed by atoms with E-state index in [1.165, 1.54) is 25.1 Å². The van der Waals surface area contributed by atoms with Crippen LogP contribution in [0.5, 0.6) is 17.2 Å². The fourth-order valence-electron chi connectivity index (χ4n) is 7.25. The zero-order chi connectivity index (χ0) is 29.4. The number of nitrogens with zero attached hydrogens (tertiary/aromatic N) is 2. The lowest BCUT2D eigenvalue weighted by Gasteiger charge is -2.51. The molecule has 0 spiro atoms. The molecule has 0 aromatic heterocycles. The van der Waals surface area contributed by atoms with Crippen molar-refractivity contribution in [3.8, 4) is 17.2 Å². The molecule has 214 valence electrons. The number of phenolic OH excluding ortho intramolecular Hbond substituents is 2. The van der Waals surface area contributed by atoms with Gasteiger partial charge in [0, 0.05) is 25.1 Å². The first-order valence-corrected chi connectivity index (χ1v) is 14.1. The fourth-order valence-corrected chi connectivity index (χ4v) is 8.25. The molecule has 2 heterocycles. The van der Waals surface area contributed by atoms with Gasteiger partial charge in [0.1, 0.15) is 17.2 Å². The van der Waals surface area contributed by atoms with Crippen LogP contribution in [0, 0.1) is 17.8 Å². The maximum atomic E-state index is 13.9. The van der Waals surface area contributed by atoms with E-state index < -0.39 is 45.2 Å². The number of ether oxygens (including phenoxy) is 1. The number of aromatic hydroxyl groups is 2. The van der Waals surface area contributed by atoms with Gasteiger partial charge in [-0.2, -0.15) is 0 Å². The Morgan fingerprint density at radius 1 is 0.976 bits per heavy atom. The van der Waals surface area contributed by atoms with Gasteiger partial charge in [-0.05, 0) is 55.0 Å². The Bertz CT molecular complexity index is 1530. The first kappa shape index (κ1) is 27.6. The Kier molecular flexibility index (Phi) is 6.39. The van der Waals surface area contributed by atoms with E-state index >= 15 is 0 Å². The number of alkyl halides is 2. The standard InChI is InChI=1S/C30H28Cl2N2O7/c1-33-27(39)29(31)14-19-17(24(30(29,32)28(33)40)23-20(36)4-3-5-21(23)41-2)10-11-18-22(19)26(38)34(25(18)37)13-12-15-6-8-16(35)9-7-15/h3-10,18-19,22,24,35-36H,11-14H2,1-2H3/t18-,19+,22-,24+,29+,30-/m0/s1. The van der Waals surface area contributed by atoms with Crippen LogP contribution >= 0.6 is 23.2 Å². The zero-order valence-electron chi connectivity index (χ0n) is 22.3. The number of likely N-dealkylation sites (tertiary alicyclic amines) is 2. The summed E-state index contributed by atoms with van der Waals surface area (Å²) in [6, 6.07) is 11.2. The van der Waals surface area contributed by atoms with Gasteiger partial charge in [0.05, 0.1) is 18.9 Å². The van der Waals surface area contributed by atoms with E-state index in [9.17, 15) is 29.4 Å². The molecule has 6 atom stereocenters. The Labute approximate surface area is 246 Å². The first-order valence-electron chi connectivity index (χ1n) is 13.3. The van der Waals surface area contributed by atoms with Crippen molar-refractivity contribution < 1.29 is 34.1 Å². The molecule has 41 heavy (non-hydrogen) atoms. The van der Waals surface area contributed by atoms with Crippen molar-refractivity contribution in [3.63, 3.8) is 0 Å². The minimum Gasteiger partial charge on any atom is -0.508 e. The largest absolute Gasteiger partial charge is 0.508 e. The van der Waals surface area contributed by atoms with Gasteiger partial charge >= 0.3 is 0 Å². The van der Waals surface area contributed by atoms with Crippen LogP contribution in [0.2, 0.25) is 0 Å². The number of hydrogen-bond acceptors (Lipinski definition) is 7. The molecule has 2 aromatic rings. The van der Waals surface area contributed by atoms with E-state index in [1.54, 1.807) is 36.4 Å². The Balaban J connectivity index is 1.44. The van der Waals surface area contributed by atoms with Crippen LogP contribution in [0.15, 0.2) is 54.1 Å². The van der Waals surface area contributed by atoms with E-state index in [4.69, 9.17) is 27.9 Å². The highest BCUT2D eigenvalue weighted by Gasteiger charge is 2.76.